The Bertz CT molecular complexity index is 740. The van der Waals surface area contributed by atoms with Crippen molar-refractivity contribution < 1.29 is 4.11 Å². The van der Waals surface area contributed by atoms with Gasteiger partial charge in [-0.05, 0) is 33.8 Å². The predicted molar refractivity (Wildman–Crippen MR) is 108 cm³/mol. The molecule has 0 saturated carbocycles. The summed E-state index contributed by atoms with van der Waals surface area (Å²) in [5.41, 5.74) is 0. The standard InChI is InChI=1S/C18H12Br3FSi/c19-13-7-1-4-10-16(13)23(22,17-11-5-2-8-14(17)20)18-12-6-3-9-15(18)21/h1-12H. The first kappa shape index (κ1) is 17.1. The second-order valence-corrected chi connectivity index (χ2v) is 10.6. The van der Waals surface area contributed by atoms with E-state index in [0.717, 1.165) is 13.4 Å². The van der Waals surface area contributed by atoms with Gasteiger partial charge in [-0.2, -0.15) is 0 Å². The fraction of sp³-hybridized carbons (Fsp3) is 0. The fourth-order valence-corrected chi connectivity index (χ4v) is 9.06. The molecule has 0 nitrogen and oxygen atoms in total. The highest BCUT2D eigenvalue weighted by atomic mass is 79.9. The van der Waals surface area contributed by atoms with Crippen molar-refractivity contribution in [2.24, 2.45) is 0 Å². The summed E-state index contributed by atoms with van der Waals surface area (Å²) >= 11 is 10.6. The van der Waals surface area contributed by atoms with Crippen LogP contribution in [-0.2, 0) is 0 Å². The summed E-state index contributed by atoms with van der Waals surface area (Å²) in [6.07, 6.45) is 0. The van der Waals surface area contributed by atoms with E-state index in [1.165, 1.54) is 0 Å². The molecule has 0 aliphatic heterocycles. The van der Waals surface area contributed by atoms with Crippen LogP contribution in [0.4, 0.5) is 4.11 Å². The number of hydrogen-bond donors (Lipinski definition) is 0. The Kier molecular flexibility index (Phi) is 5.21. The van der Waals surface area contributed by atoms with Gasteiger partial charge in [0.25, 0.3) is 0 Å². The normalized spacial score (nSPS) is 11.5. The molecule has 3 aromatic carbocycles. The minimum atomic E-state index is -3.65. The molecule has 0 aromatic heterocycles. The molecule has 0 unspecified atom stereocenters. The van der Waals surface area contributed by atoms with Crippen molar-refractivity contribution in [3.8, 4) is 0 Å². The molecule has 0 fully saturated rings. The van der Waals surface area contributed by atoms with Gasteiger partial charge in [0.05, 0.1) is 0 Å². The molecule has 0 bridgehead atoms. The van der Waals surface area contributed by atoms with Crippen LogP contribution in [0.15, 0.2) is 86.2 Å². The summed E-state index contributed by atoms with van der Waals surface area (Å²) in [5.74, 6) is 0. The van der Waals surface area contributed by atoms with E-state index in [2.05, 4.69) is 47.8 Å². The molecule has 0 heterocycles. The minimum absolute atomic E-state index is 0.707. The van der Waals surface area contributed by atoms with Crippen molar-refractivity contribution in [3.63, 3.8) is 0 Å². The first-order valence-corrected chi connectivity index (χ1v) is 11.2. The lowest BCUT2D eigenvalue weighted by atomic mass is 10.3. The van der Waals surface area contributed by atoms with Crippen LogP contribution >= 0.6 is 47.8 Å². The van der Waals surface area contributed by atoms with E-state index in [4.69, 9.17) is 0 Å². The number of rotatable bonds is 3. The Balaban J connectivity index is 2.38. The zero-order valence-corrected chi connectivity index (χ0v) is 17.7. The molecule has 23 heavy (non-hydrogen) atoms. The maximum atomic E-state index is 16.8. The molecular weight excluding hydrogens is 503 g/mol. The summed E-state index contributed by atoms with van der Waals surface area (Å²) in [6, 6.07) is 22.7. The SMILES string of the molecule is F[Si](c1ccccc1Br)(c1ccccc1Br)c1ccccc1Br. The first-order chi connectivity index (χ1) is 11.0. The second kappa shape index (κ2) is 7.01. The Labute approximate surface area is 161 Å². The molecule has 116 valence electrons. The van der Waals surface area contributed by atoms with Gasteiger partial charge in [0.1, 0.15) is 0 Å². The van der Waals surface area contributed by atoms with Gasteiger partial charge in [0, 0.05) is 13.4 Å². The van der Waals surface area contributed by atoms with E-state index in [-0.39, 0.29) is 0 Å². The molecule has 0 spiro atoms. The van der Waals surface area contributed by atoms with E-state index in [1.54, 1.807) is 0 Å². The zero-order valence-electron chi connectivity index (χ0n) is 11.9. The quantitative estimate of drug-likeness (QED) is 0.265. The van der Waals surface area contributed by atoms with Crippen molar-refractivity contribution in [2.45, 2.75) is 0 Å². The van der Waals surface area contributed by atoms with Gasteiger partial charge >= 0.3 is 8.41 Å². The zero-order chi connectivity index (χ0) is 16.4. The molecule has 3 rings (SSSR count). The molecule has 0 aliphatic rings. The van der Waals surface area contributed by atoms with Crippen LogP contribution in [0.3, 0.4) is 0 Å². The van der Waals surface area contributed by atoms with Crippen LogP contribution in [0.25, 0.3) is 0 Å². The maximum absolute atomic E-state index is 16.8. The maximum Gasteiger partial charge on any atom is 0.342 e. The molecule has 5 heteroatoms. The summed E-state index contributed by atoms with van der Waals surface area (Å²) in [5, 5.41) is 2.12. The molecule has 0 aliphatic carbocycles. The van der Waals surface area contributed by atoms with E-state index < -0.39 is 8.41 Å². The smallest absolute Gasteiger partial charge is 0.296 e. The summed E-state index contributed by atoms with van der Waals surface area (Å²) in [7, 11) is -3.65. The topological polar surface area (TPSA) is 0 Å². The van der Waals surface area contributed by atoms with Crippen molar-refractivity contribution in [3.05, 3.63) is 86.2 Å². The largest absolute Gasteiger partial charge is 0.342 e. The Morgan fingerprint density at radius 1 is 0.522 bits per heavy atom. The van der Waals surface area contributed by atoms with Crippen LogP contribution in [0.1, 0.15) is 0 Å². The number of benzene rings is 3. The van der Waals surface area contributed by atoms with Gasteiger partial charge in [-0.3, -0.25) is 4.11 Å². The van der Waals surface area contributed by atoms with E-state index in [0.29, 0.717) is 15.6 Å². The molecular formula is C18H12Br3FSi. The first-order valence-electron chi connectivity index (χ1n) is 6.99. The van der Waals surface area contributed by atoms with Crippen LogP contribution in [-0.4, -0.2) is 8.41 Å². The van der Waals surface area contributed by atoms with Crippen LogP contribution in [0.5, 0.6) is 0 Å². The van der Waals surface area contributed by atoms with Crippen molar-refractivity contribution in [1.29, 1.82) is 0 Å². The summed E-state index contributed by atoms with van der Waals surface area (Å²) in [6.45, 7) is 0. The van der Waals surface area contributed by atoms with Gasteiger partial charge in [0.15, 0.2) is 0 Å². The van der Waals surface area contributed by atoms with Crippen molar-refractivity contribution >= 4 is 71.8 Å². The van der Waals surface area contributed by atoms with Crippen molar-refractivity contribution in [1.82, 2.24) is 0 Å². The summed E-state index contributed by atoms with van der Waals surface area (Å²) in [4.78, 5) is 0. The average molecular weight is 515 g/mol. The molecule has 0 radical (unpaired) electrons. The lowest BCUT2D eigenvalue weighted by Gasteiger charge is -2.27. The predicted octanol–water partition coefficient (Wildman–Crippen LogP) is 4.91. The molecule has 0 saturated heterocycles. The highest BCUT2D eigenvalue weighted by Crippen LogP contribution is 2.22. The molecule has 0 N–H and O–H groups in total. The number of halogens is 4. The fourth-order valence-electron chi connectivity index (χ4n) is 2.66. The lowest BCUT2D eigenvalue weighted by Crippen LogP contribution is -2.65. The third-order valence-electron chi connectivity index (χ3n) is 3.73. The second-order valence-electron chi connectivity index (χ2n) is 5.10. The Morgan fingerprint density at radius 3 is 1.04 bits per heavy atom. The van der Waals surface area contributed by atoms with Gasteiger partial charge in [0.2, 0.25) is 0 Å². The van der Waals surface area contributed by atoms with Crippen LogP contribution < -0.4 is 15.6 Å². The molecule has 3 aromatic rings. The highest BCUT2D eigenvalue weighted by Gasteiger charge is 2.45. The third kappa shape index (κ3) is 3.12. The Hall–Kier alpha value is -0.753. The van der Waals surface area contributed by atoms with Gasteiger partial charge < -0.3 is 0 Å². The third-order valence-corrected chi connectivity index (χ3v) is 10.4. The number of hydrogen-bond acceptors (Lipinski definition) is 0. The monoisotopic (exact) mass is 512 g/mol. The van der Waals surface area contributed by atoms with Crippen LogP contribution in [0, 0.1) is 0 Å². The van der Waals surface area contributed by atoms with E-state index in [1.807, 2.05) is 72.8 Å². The van der Waals surface area contributed by atoms with Gasteiger partial charge in [-0.25, -0.2) is 0 Å². The molecule has 0 amide bonds. The van der Waals surface area contributed by atoms with Crippen LogP contribution in [0.2, 0.25) is 0 Å². The lowest BCUT2D eigenvalue weighted by molar-refractivity contribution is 0.840. The van der Waals surface area contributed by atoms with E-state index in [9.17, 15) is 0 Å². The van der Waals surface area contributed by atoms with Gasteiger partial charge in [-0.1, -0.05) is 102 Å². The Morgan fingerprint density at radius 2 is 0.783 bits per heavy atom. The molecule has 0 atom stereocenters. The van der Waals surface area contributed by atoms with E-state index >= 15 is 4.11 Å². The average Bonchev–Trinajstić information content (AvgIpc) is 2.55. The highest BCUT2D eigenvalue weighted by molar-refractivity contribution is 9.11. The van der Waals surface area contributed by atoms with Gasteiger partial charge in [-0.15, -0.1) is 0 Å². The minimum Gasteiger partial charge on any atom is -0.296 e. The van der Waals surface area contributed by atoms with Crippen molar-refractivity contribution in [2.75, 3.05) is 0 Å². The summed E-state index contributed by atoms with van der Waals surface area (Å²) < 4.78 is 19.2.